The summed E-state index contributed by atoms with van der Waals surface area (Å²) in [6.07, 6.45) is 2.41. The number of nitrogens with zero attached hydrogens (tertiary/aromatic N) is 1. The molecule has 0 aromatic heterocycles. The van der Waals surface area contributed by atoms with Gasteiger partial charge in [-0.3, -0.25) is 4.79 Å². The van der Waals surface area contributed by atoms with Crippen molar-refractivity contribution in [1.29, 1.82) is 0 Å². The van der Waals surface area contributed by atoms with Crippen LogP contribution in [0.2, 0.25) is 0 Å². The Morgan fingerprint density at radius 3 is 2.25 bits per heavy atom. The van der Waals surface area contributed by atoms with E-state index in [4.69, 9.17) is 4.74 Å². The molecule has 0 radical (unpaired) electrons. The number of aliphatic hydroxyl groups excluding tert-OH is 1. The summed E-state index contributed by atoms with van der Waals surface area (Å²) in [6, 6.07) is 6.54. The lowest BCUT2D eigenvalue weighted by Gasteiger charge is -2.50. The number of rotatable bonds is 2. The second-order valence-electron chi connectivity index (χ2n) is 9.11. The summed E-state index contributed by atoms with van der Waals surface area (Å²) in [6.45, 7) is 7.61. The zero-order chi connectivity index (χ0) is 20.5. The topological polar surface area (TPSA) is 76.1 Å². The molecule has 6 heteroatoms. The average Bonchev–Trinajstić information content (AvgIpc) is 2.66. The highest BCUT2D eigenvalue weighted by atomic mass is 16.5. The van der Waals surface area contributed by atoms with E-state index in [0.717, 1.165) is 12.8 Å². The van der Waals surface area contributed by atoms with E-state index in [0.29, 0.717) is 37.1 Å². The summed E-state index contributed by atoms with van der Waals surface area (Å²) >= 11 is 0. The molecule has 2 fully saturated rings. The van der Waals surface area contributed by atoms with Gasteiger partial charge in [-0.2, -0.15) is 0 Å². The first-order valence-corrected chi connectivity index (χ1v) is 9.97. The molecule has 2 atom stereocenters. The monoisotopic (exact) mass is 389 g/mol. The molecule has 0 saturated carbocycles. The number of carbonyl (C=O) groups excluding carboxylic acids is 2. The van der Waals surface area contributed by atoms with E-state index < -0.39 is 5.97 Å². The van der Waals surface area contributed by atoms with Gasteiger partial charge in [0.25, 0.3) is 5.91 Å². The van der Waals surface area contributed by atoms with Gasteiger partial charge in [0.05, 0.1) is 30.5 Å². The Balaban J connectivity index is 1.64. The summed E-state index contributed by atoms with van der Waals surface area (Å²) in [5, 5.41) is 10.4. The number of likely N-dealkylation sites (tertiary alicyclic amines) is 1. The van der Waals surface area contributed by atoms with Gasteiger partial charge in [0, 0.05) is 31.5 Å². The molecule has 2 heterocycles. The van der Waals surface area contributed by atoms with Crippen LogP contribution in [-0.2, 0) is 9.47 Å². The van der Waals surface area contributed by atoms with Crippen LogP contribution in [-0.4, -0.2) is 59.9 Å². The van der Waals surface area contributed by atoms with Crippen molar-refractivity contribution in [1.82, 2.24) is 4.90 Å². The average molecular weight is 389 g/mol. The minimum atomic E-state index is -0.416. The van der Waals surface area contributed by atoms with Crippen molar-refractivity contribution in [3.8, 4) is 0 Å². The molecular formula is C22H31NO5. The van der Waals surface area contributed by atoms with Crippen molar-refractivity contribution in [2.75, 3.05) is 20.2 Å². The van der Waals surface area contributed by atoms with Crippen molar-refractivity contribution in [2.24, 2.45) is 5.41 Å². The Bertz CT molecular complexity index is 713. The van der Waals surface area contributed by atoms with Gasteiger partial charge in [-0.25, -0.2) is 4.79 Å². The Kier molecular flexibility index (Phi) is 5.82. The third kappa shape index (κ3) is 4.39. The lowest BCUT2D eigenvalue weighted by Crippen LogP contribution is -2.55. The smallest absolute Gasteiger partial charge is 0.337 e. The molecule has 1 spiro atoms. The number of amides is 1. The summed E-state index contributed by atoms with van der Waals surface area (Å²) in [5.41, 5.74) is 0.611. The molecule has 2 saturated heterocycles. The molecule has 0 bridgehead atoms. The standard InChI is InChI=1S/C22H31NO5/c1-21(2,3)18-13-17(24)14-22(28-18)9-11-23(12-10-22)19(25)15-5-7-16(8-6-15)20(26)27-4/h5-8,17-18,24H,9-14H2,1-4H3/t17-,18-/m1/s1. The third-order valence-corrected chi connectivity index (χ3v) is 5.97. The third-order valence-electron chi connectivity index (χ3n) is 5.97. The largest absolute Gasteiger partial charge is 0.465 e. The predicted molar refractivity (Wildman–Crippen MR) is 105 cm³/mol. The van der Waals surface area contributed by atoms with Crippen molar-refractivity contribution in [2.45, 2.75) is 64.3 Å². The Morgan fingerprint density at radius 1 is 1.14 bits per heavy atom. The zero-order valence-corrected chi connectivity index (χ0v) is 17.2. The van der Waals surface area contributed by atoms with Crippen LogP contribution in [0.15, 0.2) is 24.3 Å². The maximum atomic E-state index is 12.8. The van der Waals surface area contributed by atoms with E-state index in [1.807, 2.05) is 4.90 Å². The highest BCUT2D eigenvalue weighted by Crippen LogP contribution is 2.42. The molecule has 1 amide bonds. The van der Waals surface area contributed by atoms with E-state index in [9.17, 15) is 14.7 Å². The van der Waals surface area contributed by atoms with Gasteiger partial charge in [0.2, 0.25) is 0 Å². The van der Waals surface area contributed by atoms with Crippen LogP contribution in [0.3, 0.4) is 0 Å². The van der Waals surface area contributed by atoms with Crippen molar-refractivity contribution in [3.63, 3.8) is 0 Å². The van der Waals surface area contributed by atoms with Crippen molar-refractivity contribution < 1.29 is 24.2 Å². The van der Waals surface area contributed by atoms with Gasteiger partial charge in [0.15, 0.2) is 0 Å². The number of hydrogen-bond donors (Lipinski definition) is 1. The van der Waals surface area contributed by atoms with Crippen LogP contribution in [0.5, 0.6) is 0 Å². The predicted octanol–water partition coefficient (Wildman–Crippen LogP) is 3.03. The number of carbonyl (C=O) groups is 2. The van der Waals surface area contributed by atoms with Crippen LogP contribution in [0.25, 0.3) is 0 Å². The van der Waals surface area contributed by atoms with Gasteiger partial charge in [0.1, 0.15) is 0 Å². The highest BCUT2D eigenvalue weighted by molar-refractivity contribution is 5.96. The van der Waals surface area contributed by atoms with Crippen LogP contribution in [0.1, 0.15) is 67.2 Å². The van der Waals surface area contributed by atoms with Gasteiger partial charge in [-0.05, 0) is 42.5 Å². The molecule has 28 heavy (non-hydrogen) atoms. The molecule has 0 aliphatic carbocycles. The van der Waals surface area contributed by atoms with Crippen LogP contribution in [0.4, 0.5) is 0 Å². The van der Waals surface area contributed by atoms with Crippen molar-refractivity contribution >= 4 is 11.9 Å². The number of piperidine rings is 1. The number of hydrogen-bond acceptors (Lipinski definition) is 5. The molecule has 2 aliphatic rings. The van der Waals surface area contributed by atoms with E-state index in [1.54, 1.807) is 24.3 Å². The molecule has 1 aromatic carbocycles. The molecular weight excluding hydrogens is 358 g/mol. The number of methoxy groups -OCH3 is 1. The first-order valence-electron chi connectivity index (χ1n) is 9.97. The summed E-state index contributed by atoms with van der Waals surface area (Å²) in [7, 11) is 1.33. The first kappa shape index (κ1) is 20.8. The maximum Gasteiger partial charge on any atom is 0.337 e. The fourth-order valence-corrected chi connectivity index (χ4v) is 4.18. The molecule has 2 aliphatic heterocycles. The van der Waals surface area contributed by atoms with E-state index in [-0.39, 0.29) is 29.1 Å². The minimum Gasteiger partial charge on any atom is -0.465 e. The fraction of sp³-hybridized carbons (Fsp3) is 0.636. The summed E-state index contributed by atoms with van der Waals surface area (Å²) in [5.74, 6) is -0.463. The normalized spacial score (nSPS) is 24.8. The lowest BCUT2D eigenvalue weighted by molar-refractivity contribution is -0.205. The van der Waals surface area contributed by atoms with Crippen LogP contribution < -0.4 is 0 Å². The SMILES string of the molecule is COC(=O)c1ccc(C(=O)N2CCC3(CC2)C[C@H](O)C[C@H](C(C)(C)C)O3)cc1. The van der Waals surface area contributed by atoms with Crippen molar-refractivity contribution in [3.05, 3.63) is 35.4 Å². The Morgan fingerprint density at radius 2 is 1.71 bits per heavy atom. The van der Waals surface area contributed by atoms with E-state index >= 15 is 0 Å². The lowest BCUT2D eigenvalue weighted by atomic mass is 9.76. The molecule has 0 unspecified atom stereocenters. The van der Waals surface area contributed by atoms with Gasteiger partial charge in [-0.15, -0.1) is 0 Å². The number of ether oxygens (including phenoxy) is 2. The van der Waals surface area contributed by atoms with E-state index in [1.165, 1.54) is 7.11 Å². The number of esters is 1. The Labute approximate surface area is 166 Å². The first-order chi connectivity index (χ1) is 13.1. The molecule has 154 valence electrons. The van der Waals surface area contributed by atoms with Gasteiger partial charge in [-0.1, -0.05) is 20.8 Å². The minimum absolute atomic E-state index is 0.0179. The quantitative estimate of drug-likeness (QED) is 0.787. The highest BCUT2D eigenvalue weighted by Gasteiger charge is 2.46. The number of aliphatic hydroxyl groups is 1. The van der Waals surface area contributed by atoms with Gasteiger partial charge >= 0.3 is 5.97 Å². The second-order valence-corrected chi connectivity index (χ2v) is 9.11. The van der Waals surface area contributed by atoms with Crippen LogP contribution >= 0.6 is 0 Å². The molecule has 6 nitrogen and oxygen atoms in total. The van der Waals surface area contributed by atoms with E-state index in [2.05, 4.69) is 25.5 Å². The second kappa shape index (κ2) is 7.84. The summed E-state index contributed by atoms with van der Waals surface area (Å²) in [4.78, 5) is 26.2. The summed E-state index contributed by atoms with van der Waals surface area (Å²) < 4.78 is 11.2. The Hall–Kier alpha value is -1.92. The van der Waals surface area contributed by atoms with Gasteiger partial charge < -0.3 is 19.5 Å². The number of benzene rings is 1. The maximum absolute atomic E-state index is 12.8. The molecule has 3 rings (SSSR count). The van der Waals surface area contributed by atoms with Crippen LogP contribution in [0, 0.1) is 5.41 Å². The molecule has 1 N–H and O–H groups in total. The fourth-order valence-electron chi connectivity index (χ4n) is 4.18. The zero-order valence-electron chi connectivity index (χ0n) is 17.2. The molecule has 1 aromatic rings.